The second-order valence-electron chi connectivity index (χ2n) is 8.41. The molecule has 1 atom stereocenters. The molecular formula is C21H34ClN3O3. The second-order valence-corrected chi connectivity index (χ2v) is 8.41. The third kappa shape index (κ3) is 4.79. The molecule has 1 aromatic rings. The summed E-state index contributed by atoms with van der Waals surface area (Å²) < 4.78 is 5.39. The molecule has 0 radical (unpaired) electrons. The Morgan fingerprint density at radius 3 is 2.46 bits per heavy atom. The topological polar surface area (TPSA) is 56.2 Å². The van der Waals surface area contributed by atoms with Gasteiger partial charge < -0.3 is 14.7 Å². The zero-order valence-corrected chi connectivity index (χ0v) is 18.3. The van der Waals surface area contributed by atoms with Crippen molar-refractivity contribution in [3.63, 3.8) is 0 Å². The summed E-state index contributed by atoms with van der Waals surface area (Å²) in [5.41, 5.74) is 2.00. The van der Waals surface area contributed by atoms with Crippen molar-refractivity contribution in [1.29, 1.82) is 0 Å². The third-order valence-corrected chi connectivity index (χ3v) is 5.91. The molecule has 2 aliphatic heterocycles. The number of fused-ring (bicyclic) bond motifs is 1. The summed E-state index contributed by atoms with van der Waals surface area (Å²) in [6, 6.07) is 6.05. The lowest BCUT2D eigenvalue weighted by molar-refractivity contribution is -0.121. The van der Waals surface area contributed by atoms with Crippen LogP contribution >= 0.6 is 12.4 Å². The maximum Gasteiger partial charge on any atom is 0.241 e. The number of methoxy groups -OCH3 is 1. The minimum Gasteiger partial charge on any atom is -0.497 e. The predicted octanol–water partition coefficient (Wildman–Crippen LogP) is 2.35. The zero-order valence-electron chi connectivity index (χ0n) is 17.5. The largest absolute Gasteiger partial charge is 0.497 e. The number of hydrogen-bond donors (Lipinski definition) is 1. The number of β-amino-alcohol motifs (C(OH)–C–C–N with tert-alkyl or cyclic N) is 1. The first-order chi connectivity index (χ1) is 12.9. The van der Waals surface area contributed by atoms with E-state index in [1.54, 1.807) is 7.11 Å². The Kier molecular flexibility index (Phi) is 7.73. The fourth-order valence-electron chi connectivity index (χ4n) is 4.58. The van der Waals surface area contributed by atoms with E-state index in [0.717, 1.165) is 44.0 Å². The van der Waals surface area contributed by atoms with E-state index in [9.17, 15) is 4.79 Å². The zero-order chi connectivity index (χ0) is 19.6. The molecule has 7 heteroatoms. The number of anilines is 1. The van der Waals surface area contributed by atoms with Gasteiger partial charge in [-0.1, -0.05) is 6.92 Å². The number of halogens is 1. The van der Waals surface area contributed by atoms with Gasteiger partial charge in [-0.15, -0.1) is 12.4 Å². The Morgan fingerprint density at radius 2 is 1.86 bits per heavy atom. The number of aliphatic hydroxyl groups is 1. The molecule has 0 bridgehead atoms. The van der Waals surface area contributed by atoms with E-state index < -0.39 is 0 Å². The van der Waals surface area contributed by atoms with Gasteiger partial charge in [0.15, 0.2) is 0 Å². The fourth-order valence-corrected chi connectivity index (χ4v) is 4.58. The average Bonchev–Trinajstić information content (AvgIpc) is 2.62. The van der Waals surface area contributed by atoms with Crippen molar-refractivity contribution in [2.24, 2.45) is 0 Å². The highest BCUT2D eigenvalue weighted by atomic mass is 35.5. The number of amides is 1. The quantitative estimate of drug-likeness (QED) is 0.806. The molecule has 1 amide bonds. The maximum atomic E-state index is 13.3. The molecule has 28 heavy (non-hydrogen) atoms. The molecule has 1 N–H and O–H groups in total. The van der Waals surface area contributed by atoms with Crippen molar-refractivity contribution in [3.8, 4) is 5.75 Å². The van der Waals surface area contributed by atoms with Crippen LogP contribution in [-0.2, 0) is 4.79 Å². The Bertz CT molecular complexity index is 675. The van der Waals surface area contributed by atoms with Crippen LogP contribution in [-0.4, -0.2) is 79.3 Å². The molecule has 1 fully saturated rings. The van der Waals surface area contributed by atoms with Crippen LogP contribution in [0.15, 0.2) is 18.2 Å². The molecule has 1 unspecified atom stereocenters. The van der Waals surface area contributed by atoms with Crippen molar-refractivity contribution >= 4 is 24.0 Å². The molecule has 0 aliphatic carbocycles. The van der Waals surface area contributed by atoms with Crippen molar-refractivity contribution in [2.75, 3.05) is 57.9 Å². The molecule has 0 spiro atoms. The smallest absolute Gasteiger partial charge is 0.241 e. The summed E-state index contributed by atoms with van der Waals surface area (Å²) in [4.78, 5) is 19.8. The van der Waals surface area contributed by atoms with Crippen molar-refractivity contribution < 1.29 is 14.6 Å². The van der Waals surface area contributed by atoms with E-state index in [1.165, 1.54) is 5.56 Å². The number of carbonyl (C=O) groups excluding carboxylic acids is 1. The number of nitrogens with zero attached hydrogens (tertiary/aromatic N) is 3. The maximum absolute atomic E-state index is 13.3. The van der Waals surface area contributed by atoms with E-state index in [4.69, 9.17) is 9.84 Å². The van der Waals surface area contributed by atoms with Crippen molar-refractivity contribution in [3.05, 3.63) is 23.8 Å². The SMILES string of the molecule is COc1ccc2c(c1)C(C)CC(C)(C)N2C(=O)CN1CCN(CCO)CC1.Cl. The molecule has 0 aromatic heterocycles. The highest BCUT2D eigenvalue weighted by Crippen LogP contribution is 2.44. The summed E-state index contributed by atoms with van der Waals surface area (Å²) in [7, 11) is 1.68. The van der Waals surface area contributed by atoms with Crippen molar-refractivity contribution in [2.45, 2.75) is 38.6 Å². The molecule has 1 aromatic carbocycles. The standard InChI is InChI=1S/C21H33N3O3.ClH/c1-16-14-21(2,3)24(19-6-5-17(27-4)13-18(16)19)20(26)15-23-9-7-22(8-10-23)11-12-25;/h5-6,13,16,25H,7-12,14-15H2,1-4H3;1H. The van der Waals surface area contributed by atoms with Gasteiger partial charge in [-0.05, 0) is 49.9 Å². The molecule has 1 saturated heterocycles. The van der Waals surface area contributed by atoms with Gasteiger partial charge in [-0.3, -0.25) is 14.6 Å². The predicted molar refractivity (Wildman–Crippen MR) is 115 cm³/mol. The number of hydrogen-bond acceptors (Lipinski definition) is 5. The number of rotatable bonds is 5. The highest BCUT2D eigenvalue weighted by Gasteiger charge is 2.40. The number of ether oxygens (including phenoxy) is 1. The first kappa shape index (κ1) is 22.9. The molecule has 2 aliphatic rings. The average molecular weight is 412 g/mol. The third-order valence-electron chi connectivity index (χ3n) is 5.91. The van der Waals surface area contributed by atoms with Gasteiger partial charge >= 0.3 is 0 Å². The molecule has 6 nitrogen and oxygen atoms in total. The molecule has 158 valence electrons. The normalized spacial score (nSPS) is 22.3. The van der Waals surface area contributed by atoms with Crippen LogP contribution in [0.5, 0.6) is 5.75 Å². The molecular weight excluding hydrogens is 378 g/mol. The van der Waals surface area contributed by atoms with Crippen LogP contribution in [0.25, 0.3) is 0 Å². The van der Waals surface area contributed by atoms with Gasteiger partial charge in [0, 0.05) is 44.0 Å². The summed E-state index contributed by atoms with van der Waals surface area (Å²) >= 11 is 0. The van der Waals surface area contributed by atoms with Gasteiger partial charge in [-0.25, -0.2) is 0 Å². The number of piperazine rings is 1. The minimum absolute atomic E-state index is 0. The Labute approximate surface area is 174 Å². The van der Waals surface area contributed by atoms with Gasteiger partial charge in [0.1, 0.15) is 5.75 Å². The van der Waals surface area contributed by atoms with Gasteiger partial charge in [0.2, 0.25) is 5.91 Å². The Hall–Kier alpha value is -1.34. The molecule has 0 saturated carbocycles. The molecule has 3 rings (SSSR count). The minimum atomic E-state index is -0.212. The van der Waals surface area contributed by atoms with Crippen LogP contribution < -0.4 is 9.64 Å². The van der Waals surface area contributed by atoms with E-state index in [1.807, 2.05) is 17.0 Å². The van der Waals surface area contributed by atoms with Crippen LogP contribution in [0, 0.1) is 0 Å². The van der Waals surface area contributed by atoms with Gasteiger partial charge in [0.05, 0.1) is 20.3 Å². The van der Waals surface area contributed by atoms with E-state index in [2.05, 4.69) is 36.6 Å². The number of benzene rings is 1. The van der Waals surface area contributed by atoms with Gasteiger partial charge in [0.25, 0.3) is 0 Å². The fraction of sp³-hybridized carbons (Fsp3) is 0.667. The van der Waals surface area contributed by atoms with Crippen LogP contribution in [0.3, 0.4) is 0 Å². The highest BCUT2D eigenvalue weighted by molar-refractivity contribution is 5.97. The summed E-state index contributed by atoms with van der Waals surface area (Å²) in [5.74, 6) is 1.39. The Morgan fingerprint density at radius 1 is 1.21 bits per heavy atom. The lowest BCUT2D eigenvalue weighted by Crippen LogP contribution is -2.56. The van der Waals surface area contributed by atoms with Crippen molar-refractivity contribution in [1.82, 2.24) is 9.80 Å². The van der Waals surface area contributed by atoms with Crippen LogP contribution in [0.2, 0.25) is 0 Å². The summed E-state index contributed by atoms with van der Waals surface area (Å²) in [6.45, 7) is 11.4. The number of carbonyl (C=O) groups is 1. The van der Waals surface area contributed by atoms with E-state index >= 15 is 0 Å². The monoisotopic (exact) mass is 411 g/mol. The summed E-state index contributed by atoms with van der Waals surface area (Å²) in [5, 5.41) is 9.08. The van der Waals surface area contributed by atoms with E-state index in [-0.39, 0.29) is 30.5 Å². The first-order valence-electron chi connectivity index (χ1n) is 9.92. The Balaban J connectivity index is 0.00000280. The number of aliphatic hydroxyl groups excluding tert-OH is 1. The lowest BCUT2D eigenvalue weighted by Gasteiger charge is -2.47. The molecule has 2 heterocycles. The summed E-state index contributed by atoms with van der Waals surface area (Å²) in [6.07, 6.45) is 0.934. The first-order valence-corrected chi connectivity index (χ1v) is 9.92. The lowest BCUT2D eigenvalue weighted by atomic mass is 9.80. The van der Waals surface area contributed by atoms with Crippen LogP contribution in [0.4, 0.5) is 5.69 Å². The van der Waals surface area contributed by atoms with Crippen LogP contribution in [0.1, 0.15) is 38.7 Å². The van der Waals surface area contributed by atoms with Gasteiger partial charge in [-0.2, -0.15) is 0 Å². The van der Waals surface area contributed by atoms with E-state index in [0.29, 0.717) is 19.0 Å². The second kappa shape index (κ2) is 9.44.